The minimum absolute atomic E-state index is 0.0486. The van der Waals surface area contributed by atoms with Gasteiger partial charge in [-0.05, 0) is 0 Å². The highest BCUT2D eigenvalue weighted by Gasteiger charge is 2.08. The average Bonchev–Trinajstić information content (AvgIpc) is 2.30. The summed E-state index contributed by atoms with van der Waals surface area (Å²) in [7, 11) is 0. The third kappa shape index (κ3) is 0.975. The monoisotopic (exact) mass is 144 g/mol. The average molecular weight is 144 g/mol. The van der Waals surface area contributed by atoms with E-state index < -0.39 is 6.67 Å². The highest BCUT2D eigenvalue weighted by molar-refractivity contribution is 5.72. The second kappa shape index (κ2) is 2.47. The molecule has 0 saturated heterocycles. The Morgan fingerprint density at radius 1 is 1.80 bits per heavy atom. The highest BCUT2D eigenvalue weighted by Crippen LogP contribution is 2.10. The van der Waals surface area contributed by atoms with E-state index >= 15 is 0 Å². The van der Waals surface area contributed by atoms with Crippen molar-refractivity contribution >= 4 is 12.3 Å². The van der Waals surface area contributed by atoms with Crippen molar-refractivity contribution in [3.05, 3.63) is 11.5 Å². The molecule has 0 amide bonds. The van der Waals surface area contributed by atoms with Crippen LogP contribution in [0.4, 0.5) is 10.4 Å². The first-order valence-electron chi connectivity index (χ1n) is 2.54. The number of carbonyl (C=O) groups is 1. The maximum Gasteiger partial charge on any atom is 0.292 e. The quantitative estimate of drug-likeness (QED) is 0.615. The molecule has 0 bridgehead atoms. The fourth-order valence-electron chi connectivity index (χ4n) is 0.570. The van der Waals surface area contributed by atoms with Crippen molar-refractivity contribution in [2.24, 2.45) is 0 Å². The first kappa shape index (κ1) is 6.73. The van der Waals surface area contributed by atoms with E-state index in [1.54, 1.807) is 0 Å². The van der Waals surface area contributed by atoms with Gasteiger partial charge < -0.3 is 10.2 Å². The van der Waals surface area contributed by atoms with Crippen molar-refractivity contribution in [3.8, 4) is 0 Å². The number of alkyl halides is 1. The van der Waals surface area contributed by atoms with Crippen LogP contribution in [0.5, 0.6) is 0 Å². The van der Waals surface area contributed by atoms with Crippen LogP contribution in [-0.2, 0) is 6.67 Å². The predicted octanol–water partition coefficient (Wildman–Crippen LogP) is 0.539. The zero-order valence-electron chi connectivity index (χ0n) is 5.00. The molecule has 0 atom stereocenters. The molecular weight excluding hydrogens is 139 g/mol. The van der Waals surface area contributed by atoms with Gasteiger partial charge in [0.2, 0.25) is 0 Å². The van der Waals surface area contributed by atoms with Crippen molar-refractivity contribution in [2.75, 3.05) is 5.73 Å². The van der Waals surface area contributed by atoms with E-state index in [4.69, 9.17) is 5.73 Å². The van der Waals surface area contributed by atoms with E-state index in [0.29, 0.717) is 6.29 Å². The molecule has 5 heteroatoms. The number of anilines is 1. The van der Waals surface area contributed by atoms with Gasteiger partial charge in [0, 0.05) is 0 Å². The van der Waals surface area contributed by atoms with Crippen LogP contribution in [0.25, 0.3) is 0 Å². The number of nitrogens with two attached hydrogens (primary N) is 1. The molecule has 1 heterocycles. The van der Waals surface area contributed by atoms with Crippen LogP contribution >= 0.6 is 0 Å². The van der Waals surface area contributed by atoms with Gasteiger partial charge in [-0.2, -0.15) is 4.98 Å². The molecular formula is C5H5FN2O2. The summed E-state index contributed by atoms with van der Waals surface area (Å²) in [6.07, 6.45) is 0.373. The molecule has 0 spiro atoms. The zero-order chi connectivity index (χ0) is 7.56. The molecule has 0 unspecified atom stereocenters. The van der Waals surface area contributed by atoms with E-state index in [-0.39, 0.29) is 17.5 Å². The number of nitrogen functional groups attached to an aromatic ring is 1. The van der Waals surface area contributed by atoms with Crippen LogP contribution in [-0.4, -0.2) is 11.3 Å². The van der Waals surface area contributed by atoms with Gasteiger partial charge in [-0.3, -0.25) is 4.79 Å². The normalized spacial score (nSPS) is 9.70. The number of nitrogens with zero attached hydrogens (tertiary/aromatic N) is 1. The Morgan fingerprint density at radius 3 is 2.90 bits per heavy atom. The Hall–Kier alpha value is -1.39. The number of carbonyl (C=O) groups excluding carboxylic acids is 1. The van der Waals surface area contributed by atoms with Gasteiger partial charge in [-0.15, -0.1) is 0 Å². The summed E-state index contributed by atoms with van der Waals surface area (Å²) >= 11 is 0. The topological polar surface area (TPSA) is 69.1 Å². The number of aromatic nitrogens is 1. The lowest BCUT2D eigenvalue weighted by atomic mass is 10.4. The molecule has 0 aliphatic rings. The van der Waals surface area contributed by atoms with Crippen LogP contribution in [0.2, 0.25) is 0 Å². The number of rotatable bonds is 2. The van der Waals surface area contributed by atoms with Crippen LogP contribution in [0, 0.1) is 0 Å². The smallest absolute Gasteiger partial charge is 0.292 e. The third-order valence-corrected chi connectivity index (χ3v) is 0.978. The van der Waals surface area contributed by atoms with Crippen LogP contribution in [0.3, 0.4) is 0 Å². The molecule has 54 valence electrons. The van der Waals surface area contributed by atoms with E-state index in [1.165, 1.54) is 0 Å². The van der Waals surface area contributed by atoms with E-state index in [9.17, 15) is 9.18 Å². The lowest BCUT2D eigenvalue weighted by Gasteiger charge is -1.80. The summed E-state index contributed by atoms with van der Waals surface area (Å²) in [5.41, 5.74) is 4.98. The molecule has 0 saturated carbocycles. The third-order valence-electron chi connectivity index (χ3n) is 0.978. The molecule has 0 aromatic carbocycles. The first-order chi connectivity index (χ1) is 4.77. The molecule has 1 rings (SSSR count). The van der Waals surface area contributed by atoms with Gasteiger partial charge in [0.05, 0.1) is 0 Å². The molecule has 0 aliphatic carbocycles. The van der Waals surface area contributed by atoms with Crippen LogP contribution in [0.15, 0.2) is 4.42 Å². The summed E-state index contributed by atoms with van der Waals surface area (Å²) < 4.78 is 16.4. The Labute approximate surface area is 55.8 Å². The molecule has 10 heavy (non-hydrogen) atoms. The number of halogens is 1. The van der Waals surface area contributed by atoms with Gasteiger partial charge in [-0.1, -0.05) is 0 Å². The molecule has 0 radical (unpaired) electrons. The summed E-state index contributed by atoms with van der Waals surface area (Å²) in [5.74, 6) is -0.139. The minimum atomic E-state index is -0.839. The van der Waals surface area contributed by atoms with Crippen LogP contribution in [0.1, 0.15) is 16.2 Å². The van der Waals surface area contributed by atoms with E-state index in [2.05, 4.69) is 9.40 Å². The molecule has 2 N–H and O–H groups in total. The van der Waals surface area contributed by atoms with E-state index in [0.717, 1.165) is 0 Å². The van der Waals surface area contributed by atoms with Gasteiger partial charge in [0.15, 0.2) is 12.0 Å². The summed E-state index contributed by atoms with van der Waals surface area (Å²) in [5, 5.41) is 0. The lowest BCUT2D eigenvalue weighted by molar-refractivity contribution is 0.109. The standard InChI is InChI=1S/C5H5FN2O2/c6-1-3-4(2-9)10-5(7)8-3/h2H,1H2,(H2,7,8). The fraction of sp³-hybridized carbons (Fsp3) is 0.200. The SMILES string of the molecule is Nc1nc(CF)c(C=O)o1. The Kier molecular flexibility index (Phi) is 1.66. The second-order valence-corrected chi connectivity index (χ2v) is 1.61. The van der Waals surface area contributed by atoms with E-state index in [1.807, 2.05) is 0 Å². The van der Waals surface area contributed by atoms with Crippen LogP contribution < -0.4 is 5.73 Å². The molecule has 0 aliphatic heterocycles. The highest BCUT2D eigenvalue weighted by atomic mass is 19.1. The number of oxazole rings is 1. The minimum Gasteiger partial charge on any atom is -0.420 e. The second-order valence-electron chi connectivity index (χ2n) is 1.61. The molecule has 1 aromatic rings. The summed E-state index contributed by atoms with van der Waals surface area (Å²) in [4.78, 5) is 13.4. The van der Waals surface area contributed by atoms with Crippen molar-refractivity contribution < 1.29 is 13.6 Å². The Morgan fingerprint density at radius 2 is 2.50 bits per heavy atom. The predicted molar refractivity (Wildman–Crippen MR) is 31.1 cm³/mol. The first-order valence-corrected chi connectivity index (χ1v) is 2.54. The maximum absolute atomic E-state index is 11.8. The van der Waals surface area contributed by atoms with Crippen molar-refractivity contribution in [1.82, 2.24) is 4.98 Å². The summed E-state index contributed by atoms with van der Waals surface area (Å²) in [6.45, 7) is -0.839. The van der Waals surface area contributed by atoms with Gasteiger partial charge >= 0.3 is 0 Å². The maximum atomic E-state index is 11.8. The van der Waals surface area contributed by atoms with Crippen molar-refractivity contribution in [2.45, 2.75) is 6.67 Å². The zero-order valence-corrected chi connectivity index (χ0v) is 5.00. The number of hydrogen-bond acceptors (Lipinski definition) is 4. The van der Waals surface area contributed by atoms with Gasteiger partial charge in [-0.25, -0.2) is 4.39 Å². The Bertz CT molecular complexity index is 246. The number of hydrogen-bond donors (Lipinski definition) is 1. The molecule has 1 aromatic heterocycles. The van der Waals surface area contributed by atoms with Crippen molar-refractivity contribution in [1.29, 1.82) is 0 Å². The van der Waals surface area contributed by atoms with Gasteiger partial charge in [0.25, 0.3) is 6.01 Å². The molecule has 4 nitrogen and oxygen atoms in total. The largest absolute Gasteiger partial charge is 0.420 e. The van der Waals surface area contributed by atoms with Crippen molar-refractivity contribution in [3.63, 3.8) is 0 Å². The van der Waals surface area contributed by atoms with Gasteiger partial charge in [0.1, 0.15) is 12.4 Å². The molecule has 0 fully saturated rings. The fourth-order valence-corrected chi connectivity index (χ4v) is 0.570. The Balaban J connectivity index is 3.08. The number of aldehydes is 1. The lowest BCUT2D eigenvalue weighted by Crippen LogP contribution is -1.85. The summed E-state index contributed by atoms with van der Waals surface area (Å²) in [6, 6.07) is -0.185.